The van der Waals surface area contributed by atoms with E-state index in [1.165, 1.54) is 16.7 Å². The first-order valence-corrected chi connectivity index (χ1v) is 10.7. The zero-order chi connectivity index (χ0) is 21.4. The largest absolute Gasteiger partial charge is 0.480 e. The van der Waals surface area contributed by atoms with E-state index in [1.807, 2.05) is 42.5 Å². The number of carbonyl (C=O) groups excluding carboxylic acids is 1. The van der Waals surface area contributed by atoms with Crippen molar-refractivity contribution >= 4 is 16.9 Å². The number of nitrogens with zero attached hydrogens (tertiary/aromatic N) is 2. The summed E-state index contributed by atoms with van der Waals surface area (Å²) in [6.07, 6.45) is 0.212. The molecular formula is C26H25N3O2. The fourth-order valence-corrected chi connectivity index (χ4v) is 4.29. The van der Waals surface area contributed by atoms with E-state index in [0.29, 0.717) is 25.3 Å². The van der Waals surface area contributed by atoms with E-state index in [1.54, 1.807) is 0 Å². The van der Waals surface area contributed by atoms with E-state index in [0.717, 1.165) is 22.4 Å². The van der Waals surface area contributed by atoms with Gasteiger partial charge in [-0.3, -0.25) is 4.79 Å². The monoisotopic (exact) mass is 411 g/mol. The number of carbonyl (C=O) groups is 1. The van der Waals surface area contributed by atoms with Crippen LogP contribution in [0.5, 0.6) is 5.75 Å². The zero-order valence-electron chi connectivity index (χ0n) is 17.8. The van der Waals surface area contributed by atoms with E-state index in [2.05, 4.69) is 48.0 Å². The van der Waals surface area contributed by atoms with Crippen LogP contribution in [-0.2, 0) is 11.3 Å². The molecule has 1 aliphatic rings. The molecule has 1 atom stereocenters. The van der Waals surface area contributed by atoms with Crippen LogP contribution >= 0.6 is 0 Å². The standard InChI is InChI=1S/C26H25N3O2/c1-17-8-7-9-18(2)20(17)16-29-22-12-5-4-11-21(22)28-25(29)19-10-3-6-13-23(19)31-24-14-15-27-26(24)30/h3-13,24H,14-16H2,1-2H3,(H,27,30). The zero-order valence-corrected chi connectivity index (χ0v) is 17.8. The average molecular weight is 412 g/mol. The van der Waals surface area contributed by atoms with Gasteiger partial charge in [0.25, 0.3) is 5.91 Å². The Hall–Kier alpha value is -3.60. The summed E-state index contributed by atoms with van der Waals surface area (Å²) in [5.74, 6) is 1.47. The fourth-order valence-electron chi connectivity index (χ4n) is 4.29. The molecule has 5 rings (SSSR count). The van der Waals surface area contributed by atoms with Crippen molar-refractivity contribution < 1.29 is 9.53 Å². The molecule has 0 bridgehead atoms. The Balaban J connectivity index is 1.65. The number of ether oxygens (including phenoxy) is 1. The number of imidazole rings is 1. The average Bonchev–Trinajstić information content (AvgIpc) is 3.34. The fraction of sp³-hybridized carbons (Fsp3) is 0.231. The lowest BCUT2D eigenvalue weighted by atomic mass is 10.0. The molecule has 0 spiro atoms. The van der Waals surface area contributed by atoms with Crippen molar-refractivity contribution in [2.75, 3.05) is 6.54 Å². The van der Waals surface area contributed by atoms with Crippen molar-refractivity contribution in [2.45, 2.75) is 32.9 Å². The van der Waals surface area contributed by atoms with Gasteiger partial charge in [0, 0.05) is 13.0 Å². The van der Waals surface area contributed by atoms with E-state index in [-0.39, 0.29) is 5.91 Å². The minimum Gasteiger partial charge on any atom is -0.480 e. The van der Waals surface area contributed by atoms with Crippen LogP contribution in [0.4, 0.5) is 0 Å². The molecule has 5 nitrogen and oxygen atoms in total. The third-order valence-corrected chi connectivity index (χ3v) is 6.01. The molecule has 1 aliphatic heterocycles. The molecular weight excluding hydrogens is 386 g/mol. The predicted molar refractivity (Wildman–Crippen MR) is 122 cm³/mol. The summed E-state index contributed by atoms with van der Waals surface area (Å²) >= 11 is 0. The van der Waals surface area contributed by atoms with Gasteiger partial charge in [-0.25, -0.2) is 4.98 Å². The Morgan fingerprint density at radius 2 is 1.74 bits per heavy atom. The lowest BCUT2D eigenvalue weighted by Gasteiger charge is -2.17. The minimum atomic E-state index is -0.461. The van der Waals surface area contributed by atoms with Gasteiger partial charge in [0.15, 0.2) is 6.10 Å². The number of amides is 1. The number of rotatable bonds is 5. The van der Waals surface area contributed by atoms with E-state index in [9.17, 15) is 4.79 Å². The van der Waals surface area contributed by atoms with E-state index in [4.69, 9.17) is 9.72 Å². The first-order valence-electron chi connectivity index (χ1n) is 10.7. The first-order chi connectivity index (χ1) is 15.1. The molecule has 1 fully saturated rings. The van der Waals surface area contributed by atoms with Crippen LogP contribution in [-0.4, -0.2) is 28.1 Å². The van der Waals surface area contributed by atoms with E-state index >= 15 is 0 Å². The van der Waals surface area contributed by atoms with Gasteiger partial charge < -0.3 is 14.6 Å². The molecule has 0 aliphatic carbocycles. The smallest absolute Gasteiger partial charge is 0.261 e. The number of fused-ring (bicyclic) bond motifs is 1. The second-order valence-electron chi connectivity index (χ2n) is 8.06. The van der Waals surface area contributed by atoms with Crippen LogP contribution in [0.25, 0.3) is 22.4 Å². The number of aromatic nitrogens is 2. The SMILES string of the molecule is Cc1cccc(C)c1Cn1c(-c2ccccc2OC2CCNC2=O)nc2ccccc21. The molecule has 1 N–H and O–H groups in total. The van der Waals surface area contributed by atoms with Crippen LogP contribution in [0.15, 0.2) is 66.7 Å². The highest BCUT2D eigenvalue weighted by Gasteiger charge is 2.27. The van der Waals surface area contributed by atoms with Gasteiger partial charge in [-0.05, 0) is 54.8 Å². The van der Waals surface area contributed by atoms with Crippen LogP contribution in [0, 0.1) is 13.8 Å². The Morgan fingerprint density at radius 1 is 1.00 bits per heavy atom. The molecule has 1 saturated heterocycles. The minimum absolute atomic E-state index is 0.0566. The van der Waals surface area contributed by atoms with Gasteiger partial charge in [-0.1, -0.05) is 42.5 Å². The molecule has 1 amide bonds. The molecule has 0 radical (unpaired) electrons. The van der Waals surface area contributed by atoms with Crippen molar-refractivity contribution in [3.8, 4) is 17.1 Å². The van der Waals surface area contributed by atoms with Gasteiger partial charge in [0.2, 0.25) is 0 Å². The summed E-state index contributed by atoms with van der Waals surface area (Å²) in [7, 11) is 0. The van der Waals surface area contributed by atoms with Crippen LogP contribution in [0.1, 0.15) is 23.1 Å². The highest BCUT2D eigenvalue weighted by atomic mass is 16.5. The summed E-state index contributed by atoms with van der Waals surface area (Å²) in [4.78, 5) is 17.1. The summed E-state index contributed by atoms with van der Waals surface area (Å²) in [5.41, 5.74) is 6.72. The Bertz CT molecular complexity index is 1250. The second-order valence-corrected chi connectivity index (χ2v) is 8.06. The second kappa shape index (κ2) is 7.91. The highest BCUT2D eigenvalue weighted by Crippen LogP contribution is 2.34. The molecule has 1 unspecified atom stereocenters. The number of para-hydroxylation sites is 3. The molecule has 4 aromatic rings. The van der Waals surface area contributed by atoms with Gasteiger partial charge in [-0.15, -0.1) is 0 Å². The van der Waals surface area contributed by atoms with Crippen LogP contribution < -0.4 is 10.1 Å². The molecule has 1 aromatic heterocycles. The Labute approximate surface area is 181 Å². The number of benzene rings is 3. The van der Waals surface area contributed by atoms with Gasteiger partial charge >= 0.3 is 0 Å². The highest BCUT2D eigenvalue weighted by molar-refractivity contribution is 5.84. The normalized spacial score (nSPS) is 15.9. The molecule has 3 aromatic carbocycles. The molecule has 5 heteroatoms. The number of hydrogen-bond acceptors (Lipinski definition) is 3. The molecule has 156 valence electrons. The lowest BCUT2D eigenvalue weighted by Crippen LogP contribution is -2.27. The third-order valence-electron chi connectivity index (χ3n) is 6.01. The third kappa shape index (κ3) is 3.56. The lowest BCUT2D eigenvalue weighted by molar-refractivity contribution is -0.124. The number of aryl methyl sites for hydroxylation is 2. The maximum atomic E-state index is 12.1. The van der Waals surface area contributed by atoms with E-state index < -0.39 is 6.10 Å². The maximum Gasteiger partial charge on any atom is 0.261 e. The van der Waals surface area contributed by atoms with Gasteiger partial charge in [0.05, 0.1) is 23.1 Å². The predicted octanol–water partition coefficient (Wildman–Crippen LogP) is 4.64. The molecule has 31 heavy (non-hydrogen) atoms. The number of nitrogens with one attached hydrogen (secondary N) is 1. The van der Waals surface area contributed by atoms with Crippen molar-refractivity contribution in [1.82, 2.24) is 14.9 Å². The van der Waals surface area contributed by atoms with Crippen molar-refractivity contribution in [1.29, 1.82) is 0 Å². The summed E-state index contributed by atoms with van der Waals surface area (Å²) in [5, 5.41) is 2.84. The molecule has 2 heterocycles. The summed E-state index contributed by atoms with van der Waals surface area (Å²) in [6, 6.07) is 22.4. The topological polar surface area (TPSA) is 56.1 Å². The maximum absolute atomic E-state index is 12.1. The van der Waals surface area contributed by atoms with Gasteiger partial charge in [-0.2, -0.15) is 0 Å². The Kier molecular flexibility index (Phi) is 4.94. The summed E-state index contributed by atoms with van der Waals surface area (Å²) < 4.78 is 8.41. The quantitative estimate of drug-likeness (QED) is 0.521. The van der Waals surface area contributed by atoms with Gasteiger partial charge in [0.1, 0.15) is 11.6 Å². The Morgan fingerprint density at radius 3 is 2.52 bits per heavy atom. The summed E-state index contributed by atoms with van der Waals surface area (Å²) in [6.45, 7) is 5.66. The van der Waals surface area contributed by atoms with Crippen molar-refractivity contribution in [3.63, 3.8) is 0 Å². The van der Waals surface area contributed by atoms with Crippen molar-refractivity contribution in [2.24, 2.45) is 0 Å². The van der Waals surface area contributed by atoms with Crippen LogP contribution in [0.2, 0.25) is 0 Å². The first kappa shape index (κ1) is 19.4. The molecule has 0 saturated carbocycles. The number of hydrogen-bond donors (Lipinski definition) is 1. The van der Waals surface area contributed by atoms with Crippen molar-refractivity contribution in [3.05, 3.63) is 83.4 Å². The van der Waals surface area contributed by atoms with Crippen LogP contribution in [0.3, 0.4) is 0 Å².